The number of nitrogens with zero attached hydrogens (tertiary/aromatic N) is 3. The molecule has 1 heterocycles. The van der Waals surface area contributed by atoms with E-state index in [0.29, 0.717) is 13.2 Å². The molecule has 5 heteroatoms. The summed E-state index contributed by atoms with van der Waals surface area (Å²) in [6, 6.07) is 0. The Morgan fingerprint density at radius 2 is 2.06 bits per heavy atom. The zero-order chi connectivity index (χ0) is 12.8. The van der Waals surface area contributed by atoms with Crippen LogP contribution in [0, 0.1) is 5.92 Å². The summed E-state index contributed by atoms with van der Waals surface area (Å²) in [7, 11) is 0. The number of hydrogen-bond acceptors (Lipinski definition) is 4. The molecule has 0 aliphatic heterocycles. The van der Waals surface area contributed by atoms with E-state index in [9.17, 15) is 4.79 Å². The standard InChI is InChI=1S/C12H21N3O2/c1-5-10-13-11(6-2)15(14-10)8-9(4)12(16)17-7-3/h9H,5-8H2,1-4H3. The third-order valence-corrected chi connectivity index (χ3v) is 2.56. The van der Waals surface area contributed by atoms with Crippen LogP contribution >= 0.6 is 0 Å². The molecule has 17 heavy (non-hydrogen) atoms. The van der Waals surface area contributed by atoms with Gasteiger partial charge in [-0.15, -0.1) is 0 Å². The van der Waals surface area contributed by atoms with Crippen molar-refractivity contribution < 1.29 is 9.53 Å². The molecule has 0 amide bonds. The number of esters is 1. The molecule has 0 saturated heterocycles. The van der Waals surface area contributed by atoms with E-state index in [4.69, 9.17) is 4.74 Å². The van der Waals surface area contributed by atoms with Crippen LogP contribution < -0.4 is 0 Å². The molecular weight excluding hydrogens is 218 g/mol. The van der Waals surface area contributed by atoms with Gasteiger partial charge in [-0.1, -0.05) is 20.8 Å². The Morgan fingerprint density at radius 3 is 2.59 bits per heavy atom. The van der Waals surface area contributed by atoms with Gasteiger partial charge in [-0.3, -0.25) is 4.79 Å². The summed E-state index contributed by atoms with van der Waals surface area (Å²) >= 11 is 0. The Kier molecular flexibility index (Phi) is 5.12. The minimum absolute atomic E-state index is 0.178. The Morgan fingerprint density at radius 1 is 1.35 bits per heavy atom. The SMILES string of the molecule is CCOC(=O)C(C)Cn1nc(CC)nc1CC. The van der Waals surface area contributed by atoms with Crippen molar-refractivity contribution in [1.29, 1.82) is 0 Å². The molecule has 0 bridgehead atoms. The van der Waals surface area contributed by atoms with Gasteiger partial charge in [0, 0.05) is 12.8 Å². The van der Waals surface area contributed by atoms with E-state index < -0.39 is 0 Å². The van der Waals surface area contributed by atoms with E-state index in [-0.39, 0.29) is 11.9 Å². The Labute approximate surface area is 102 Å². The van der Waals surface area contributed by atoms with Crippen molar-refractivity contribution >= 4 is 5.97 Å². The lowest BCUT2D eigenvalue weighted by Crippen LogP contribution is -2.21. The molecule has 1 unspecified atom stereocenters. The van der Waals surface area contributed by atoms with Crippen molar-refractivity contribution in [3.63, 3.8) is 0 Å². The van der Waals surface area contributed by atoms with Crippen LogP contribution in [0.3, 0.4) is 0 Å². The van der Waals surface area contributed by atoms with Crippen molar-refractivity contribution in [2.45, 2.75) is 47.1 Å². The monoisotopic (exact) mass is 239 g/mol. The van der Waals surface area contributed by atoms with E-state index in [0.717, 1.165) is 24.5 Å². The van der Waals surface area contributed by atoms with Gasteiger partial charge in [0.25, 0.3) is 0 Å². The molecule has 96 valence electrons. The molecular formula is C12H21N3O2. The van der Waals surface area contributed by atoms with Gasteiger partial charge in [0.2, 0.25) is 0 Å². The second-order valence-electron chi connectivity index (χ2n) is 3.99. The van der Waals surface area contributed by atoms with Gasteiger partial charge in [0.05, 0.1) is 19.1 Å². The van der Waals surface area contributed by atoms with Crippen molar-refractivity contribution in [3.05, 3.63) is 11.6 Å². The highest BCUT2D eigenvalue weighted by Gasteiger charge is 2.17. The summed E-state index contributed by atoms with van der Waals surface area (Å²) in [6.07, 6.45) is 1.64. The van der Waals surface area contributed by atoms with Crippen LogP contribution in [0.2, 0.25) is 0 Å². The zero-order valence-corrected chi connectivity index (χ0v) is 11.1. The third kappa shape index (κ3) is 3.54. The fourth-order valence-corrected chi connectivity index (χ4v) is 1.60. The first-order valence-corrected chi connectivity index (χ1v) is 6.21. The molecule has 0 N–H and O–H groups in total. The third-order valence-electron chi connectivity index (χ3n) is 2.56. The Balaban J connectivity index is 2.72. The van der Waals surface area contributed by atoms with Gasteiger partial charge in [0.15, 0.2) is 5.82 Å². The maximum atomic E-state index is 11.5. The fraction of sp³-hybridized carbons (Fsp3) is 0.750. The van der Waals surface area contributed by atoms with Crippen molar-refractivity contribution in [2.24, 2.45) is 5.92 Å². The van der Waals surface area contributed by atoms with Crippen LogP contribution in [0.5, 0.6) is 0 Å². The van der Waals surface area contributed by atoms with Crippen LogP contribution in [-0.4, -0.2) is 27.3 Å². The van der Waals surface area contributed by atoms with Crippen molar-refractivity contribution in [2.75, 3.05) is 6.61 Å². The van der Waals surface area contributed by atoms with Gasteiger partial charge >= 0.3 is 5.97 Å². The number of rotatable bonds is 6. The lowest BCUT2D eigenvalue weighted by Gasteiger charge is -2.11. The molecule has 0 aromatic carbocycles. The maximum Gasteiger partial charge on any atom is 0.310 e. The molecule has 0 saturated carbocycles. The molecule has 0 radical (unpaired) electrons. The van der Waals surface area contributed by atoms with Crippen LogP contribution in [0.4, 0.5) is 0 Å². The number of aromatic nitrogens is 3. The number of hydrogen-bond donors (Lipinski definition) is 0. The van der Waals surface area contributed by atoms with E-state index in [1.54, 1.807) is 0 Å². The Bertz CT molecular complexity index is 374. The second kappa shape index (κ2) is 6.37. The van der Waals surface area contributed by atoms with E-state index in [2.05, 4.69) is 10.1 Å². The van der Waals surface area contributed by atoms with E-state index in [1.165, 1.54) is 0 Å². The average molecular weight is 239 g/mol. The van der Waals surface area contributed by atoms with Crippen LogP contribution in [-0.2, 0) is 28.9 Å². The van der Waals surface area contributed by atoms with Crippen molar-refractivity contribution in [3.8, 4) is 0 Å². The highest BCUT2D eigenvalue weighted by molar-refractivity contribution is 5.71. The molecule has 1 rings (SSSR count). The predicted octanol–water partition coefficient (Wildman–Crippen LogP) is 1.60. The minimum Gasteiger partial charge on any atom is -0.466 e. The molecule has 1 aromatic heterocycles. The maximum absolute atomic E-state index is 11.5. The molecule has 0 fully saturated rings. The van der Waals surface area contributed by atoms with Gasteiger partial charge < -0.3 is 4.74 Å². The first-order valence-electron chi connectivity index (χ1n) is 6.21. The lowest BCUT2D eigenvalue weighted by molar-refractivity contribution is -0.147. The number of ether oxygens (including phenoxy) is 1. The predicted molar refractivity (Wildman–Crippen MR) is 64.6 cm³/mol. The molecule has 5 nitrogen and oxygen atoms in total. The van der Waals surface area contributed by atoms with Crippen molar-refractivity contribution in [1.82, 2.24) is 14.8 Å². The van der Waals surface area contributed by atoms with Crippen LogP contribution in [0.15, 0.2) is 0 Å². The molecule has 1 aromatic rings. The first kappa shape index (κ1) is 13.7. The van der Waals surface area contributed by atoms with Crippen LogP contribution in [0.25, 0.3) is 0 Å². The normalized spacial score (nSPS) is 12.5. The van der Waals surface area contributed by atoms with Gasteiger partial charge in [-0.2, -0.15) is 5.10 Å². The Hall–Kier alpha value is -1.39. The molecule has 0 aliphatic carbocycles. The van der Waals surface area contributed by atoms with Gasteiger partial charge in [-0.25, -0.2) is 9.67 Å². The summed E-state index contributed by atoms with van der Waals surface area (Å²) in [5.74, 6) is 1.39. The fourth-order valence-electron chi connectivity index (χ4n) is 1.60. The number of carbonyl (C=O) groups excluding carboxylic acids is 1. The molecule has 1 atom stereocenters. The van der Waals surface area contributed by atoms with Gasteiger partial charge in [0.1, 0.15) is 5.82 Å². The number of carbonyl (C=O) groups is 1. The zero-order valence-electron chi connectivity index (χ0n) is 11.1. The number of aryl methyl sites for hydroxylation is 2. The summed E-state index contributed by atoms with van der Waals surface area (Å²) in [6.45, 7) is 8.68. The second-order valence-corrected chi connectivity index (χ2v) is 3.99. The summed E-state index contributed by atoms with van der Waals surface area (Å²) < 4.78 is 6.80. The molecule has 0 aliphatic rings. The quantitative estimate of drug-likeness (QED) is 0.708. The van der Waals surface area contributed by atoms with E-state index >= 15 is 0 Å². The lowest BCUT2D eigenvalue weighted by atomic mass is 10.2. The smallest absolute Gasteiger partial charge is 0.310 e. The van der Waals surface area contributed by atoms with E-state index in [1.807, 2.05) is 32.4 Å². The highest BCUT2D eigenvalue weighted by atomic mass is 16.5. The highest BCUT2D eigenvalue weighted by Crippen LogP contribution is 2.07. The summed E-state index contributed by atoms with van der Waals surface area (Å²) in [5.41, 5.74) is 0. The summed E-state index contributed by atoms with van der Waals surface area (Å²) in [5, 5.41) is 4.38. The minimum atomic E-state index is -0.188. The average Bonchev–Trinajstić information content (AvgIpc) is 2.71. The summed E-state index contributed by atoms with van der Waals surface area (Å²) in [4.78, 5) is 15.9. The molecule has 0 spiro atoms. The topological polar surface area (TPSA) is 57.0 Å². The van der Waals surface area contributed by atoms with Crippen LogP contribution in [0.1, 0.15) is 39.3 Å². The first-order chi connectivity index (χ1) is 8.12. The van der Waals surface area contributed by atoms with Gasteiger partial charge in [-0.05, 0) is 6.92 Å². The largest absolute Gasteiger partial charge is 0.466 e.